The molecule has 0 aromatic heterocycles. The number of anilines is 1. The molecule has 1 aromatic rings. The molecule has 5 heteroatoms. The highest BCUT2D eigenvalue weighted by Gasteiger charge is 2.03. The Morgan fingerprint density at radius 2 is 2.29 bits per heavy atom. The summed E-state index contributed by atoms with van der Waals surface area (Å²) in [4.78, 5) is 4.85. The smallest absolute Gasteiger partial charge is 0.197 e. The van der Waals surface area contributed by atoms with Gasteiger partial charge in [-0.05, 0) is 30.4 Å². The van der Waals surface area contributed by atoms with E-state index in [4.69, 9.17) is 17.1 Å². The Hall–Kier alpha value is -1.20. The van der Waals surface area contributed by atoms with Crippen LogP contribution < -0.4 is 5.32 Å². The Balaban J connectivity index is 2.65. The molecular weight excluding hydrogens is 203 g/mol. The summed E-state index contributed by atoms with van der Waals surface area (Å²) in [6.07, 6.45) is 0. The summed E-state index contributed by atoms with van der Waals surface area (Å²) in [6.45, 7) is 0. The van der Waals surface area contributed by atoms with Gasteiger partial charge in [-0.2, -0.15) is 0 Å². The first-order chi connectivity index (χ1) is 6.63. The molecule has 1 N–H and O–H groups in total. The zero-order valence-electron chi connectivity index (χ0n) is 7.95. The Kier molecular flexibility index (Phi) is 3.79. The van der Waals surface area contributed by atoms with Gasteiger partial charge in [0.15, 0.2) is 5.11 Å². The molecule has 0 radical (unpaired) electrons. The van der Waals surface area contributed by atoms with Gasteiger partial charge in [0.05, 0.1) is 7.11 Å². The van der Waals surface area contributed by atoms with Gasteiger partial charge >= 0.3 is 0 Å². The number of hydrogen-bond donors (Lipinski definition) is 1. The third kappa shape index (κ3) is 2.93. The number of hydrogen-bond acceptors (Lipinski definition) is 2. The van der Waals surface area contributed by atoms with Crippen LogP contribution in [0.4, 0.5) is 10.1 Å². The second-order valence-corrected chi connectivity index (χ2v) is 3.01. The largest absolute Gasteiger partial charge is 0.331 e. The van der Waals surface area contributed by atoms with Gasteiger partial charge in [0.2, 0.25) is 0 Å². The van der Waals surface area contributed by atoms with Crippen LogP contribution in [0.1, 0.15) is 0 Å². The first kappa shape index (κ1) is 10.9. The number of benzene rings is 1. The minimum absolute atomic E-state index is 0.308. The van der Waals surface area contributed by atoms with Crippen molar-refractivity contribution < 1.29 is 9.23 Å². The van der Waals surface area contributed by atoms with E-state index in [9.17, 15) is 4.39 Å². The van der Waals surface area contributed by atoms with Crippen molar-refractivity contribution in [1.29, 1.82) is 0 Å². The molecule has 0 heterocycles. The van der Waals surface area contributed by atoms with E-state index in [1.54, 1.807) is 19.2 Å². The first-order valence-electron chi connectivity index (χ1n) is 3.98. The van der Waals surface area contributed by atoms with E-state index in [0.29, 0.717) is 10.8 Å². The van der Waals surface area contributed by atoms with E-state index in [1.165, 1.54) is 24.3 Å². The maximum absolute atomic E-state index is 12.8. The normalized spacial score (nSPS) is 9.64. The molecule has 0 saturated carbocycles. The van der Waals surface area contributed by atoms with Gasteiger partial charge in [-0.25, -0.2) is 9.45 Å². The number of hydroxylamine groups is 2. The molecule has 0 bridgehead atoms. The zero-order chi connectivity index (χ0) is 10.6. The number of halogens is 1. The van der Waals surface area contributed by atoms with Gasteiger partial charge in [0, 0.05) is 12.7 Å². The topological polar surface area (TPSA) is 24.5 Å². The van der Waals surface area contributed by atoms with Crippen molar-refractivity contribution in [2.24, 2.45) is 0 Å². The molecule has 0 aliphatic rings. The second-order valence-electron chi connectivity index (χ2n) is 2.62. The van der Waals surface area contributed by atoms with E-state index < -0.39 is 0 Å². The molecule has 14 heavy (non-hydrogen) atoms. The fourth-order valence-electron chi connectivity index (χ4n) is 0.851. The zero-order valence-corrected chi connectivity index (χ0v) is 8.77. The van der Waals surface area contributed by atoms with Gasteiger partial charge in [-0.1, -0.05) is 6.07 Å². The van der Waals surface area contributed by atoms with Crippen LogP contribution >= 0.6 is 12.2 Å². The van der Waals surface area contributed by atoms with Crippen molar-refractivity contribution >= 4 is 23.0 Å². The Bertz CT molecular complexity index is 332. The van der Waals surface area contributed by atoms with Crippen LogP contribution in [-0.2, 0) is 4.84 Å². The highest BCUT2D eigenvalue weighted by Crippen LogP contribution is 2.09. The molecule has 1 rings (SSSR count). The molecule has 0 atom stereocenters. The van der Waals surface area contributed by atoms with Crippen molar-refractivity contribution in [2.75, 3.05) is 19.5 Å². The fraction of sp³-hybridized carbons (Fsp3) is 0.222. The van der Waals surface area contributed by atoms with Crippen molar-refractivity contribution in [2.45, 2.75) is 0 Å². The summed E-state index contributed by atoms with van der Waals surface area (Å²) in [5.41, 5.74) is 0.596. The van der Waals surface area contributed by atoms with Gasteiger partial charge < -0.3 is 5.32 Å². The summed E-state index contributed by atoms with van der Waals surface area (Å²) >= 11 is 4.97. The summed E-state index contributed by atoms with van der Waals surface area (Å²) in [7, 11) is 3.16. The summed E-state index contributed by atoms with van der Waals surface area (Å²) in [5, 5.41) is 4.57. The van der Waals surface area contributed by atoms with E-state index in [-0.39, 0.29) is 5.82 Å². The quantitative estimate of drug-likeness (QED) is 0.601. The predicted octanol–water partition coefficient (Wildman–Crippen LogP) is 2.02. The van der Waals surface area contributed by atoms with Crippen LogP contribution in [0.15, 0.2) is 24.3 Å². The lowest BCUT2D eigenvalue weighted by Gasteiger charge is -2.17. The van der Waals surface area contributed by atoms with Crippen LogP contribution in [0, 0.1) is 5.82 Å². The minimum Gasteiger partial charge on any atom is -0.331 e. The predicted molar refractivity (Wildman–Crippen MR) is 57.4 cm³/mol. The molecule has 0 amide bonds. The lowest BCUT2D eigenvalue weighted by Crippen LogP contribution is -2.29. The summed E-state index contributed by atoms with van der Waals surface area (Å²) in [5.74, 6) is -0.308. The average molecular weight is 214 g/mol. The van der Waals surface area contributed by atoms with Crippen LogP contribution in [0.3, 0.4) is 0 Å². The van der Waals surface area contributed by atoms with Gasteiger partial charge in [0.25, 0.3) is 0 Å². The Morgan fingerprint density at radius 3 is 2.86 bits per heavy atom. The average Bonchev–Trinajstić information content (AvgIpc) is 2.16. The Labute approximate surface area is 87.4 Å². The van der Waals surface area contributed by atoms with Crippen LogP contribution in [0.2, 0.25) is 0 Å². The molecule has 0 aliphatic heterocycles. The standard InChI is InChI=1S/C9H11FN2OS/c1-12(13-2)9(14)11-8-5-3-4-7(10)6-8/h3-6H,1-2H3,(H,11,14). The molecule has 1 aromatic carbocycles. The van der Waals surface area contributed by atoms with Gasteiger partial charge in [0.1, 0.15) is 5.82 Å². The number of rotatable bonds is 2. The molecule has 0 aliphatic carbocycles. The molecule has 76 valence electrons. The fourth-order valence-corrected chi connectivity index (χ4v) is 1.04. The number of thiocarbonyl (C=S) groups is 1. The van der Waals surface area contributed by atoms with Crippen LogP contribution in [0.25, 0.3) is 0 Å². The second kappa shape index (κ2) is 4.88. The van der Waals surface area contributed by atoms with E-state index >= 15 is 0 Å². The molecule has 0 unspecified atom stereocenters. The van der Waals surface area contributed by atoms with Crippen molar-refractivity contribution in [3.8, 4) is 0 Å². The third-order valence-electron chi connectivity index (χ3n) is 1.64. The maximum Gasteiger partial charge on any atom is 0.197 e. The summed E-state index contributed by atoms with van der Waals surface area (Å²) in [6, 6.07) is 6.05. The molecule has 3 nitrogen and oxygen atoms in total. The van der Waals surface area contributed by atoms with Gasteiger partial charge in [-0.15, -0.1) is 0 Å². The van der Waals surface area contributed by atoms with Crippen molar-refractivity contribution in [3.63, 3.8) is 0 Å². The lowest BCUT2D eigenvalue weighted by atomic mass is 10.3. The molecule has 0 saturated heterocycles. The molecular formula is C9H11FN2OS. The van der Waals surface area contributed by atoms with Crippen LogP contribution in [-0.4, -0.2) is 24.3 Å². The molecule has 0 fully saturated rings. The molecule has 0 spiro atoms. The monoisotopic (exact) mass is 214 g/mol. The SMILES string of the molecule is CON(C)C(=S)Nc1cccc(F)c1. The van der Waals surface area contributed by atoms with Crippen molar-refractivity contribution in [1.82, 2.24) is 5.06 Å². The van der Waals surface area contributed by atoms with Gasteiger partial charge in [-0.3, -0.25) is 4.84 Å². The summed E-state index contributed by atoms with van der Waals surface area (Å²) < 4.78 is 12.8. The maximum atomic E-state index is 12.8. The third-order valence-corrected chi connectivity index (χ3v) is 1.99. The highest BCUT2D eigenvalue weighted by atomic mass is 32.1. The Morgan fingerprint density at radius 1 is 1.57 bits per heavy atom. The first-order valence-corrected chi connectivity index (χ1v) is 4.38. The number of nitrogens with zero attached hydrogens (tertiary/aromatic N) is 1. The van der Waals surface area contributed by atoms with Crippen LogP contribution in [0.5, 0.6) is 0 Å². The lowest BCUT2D eigenvalue weighted by molar-refractivity contribution is -0.0391. The number of nitrogens with one attached hydrogen (secondary N) is 1. The highest BCUT2D eigenvalue weighted by molar-refractivity contribution is 7.80. The van der Waals surface area contributed by atoms with E-state index in [0.717, 1.165) is 0 Å². The van der Waals surface area contributed by atoms with E-state index in [1.807, 2.05) is 0 Å². The van der Waals surface area contributed by atoms with Crippen molar-refractivity contribution in [3.05, 3.63) is 30.1 Å². The minimum atomic E-state index is -0.308. The van der Waals surface area contributed by atoms with E-state index in [2.05, 4.69) is 5.32 Å².